The molecular weight excluding hydrogens is 542 g/mol. The van der Waals surface area contributed by atoms with E-state index < -0.39 is 5.97 Å². The number of carbonyl (C=O) groups is 2. The van der Waals surface area contributed by atoms with Crippen molar-refractivity contribution in [1.82, 2.24) is 13.9 Å². The molecule has 0 aliphatic carbocycles. The number of carbonyl (C=O) groups excluding carboxylic acids is 2. The van der Waals surface area contributed by atoms with Crippen LogP contribution >= 0.6 is 11.8 Å². The minimum Gasteiger partial charge on any atom is -0.493 e. The molecule has 0 unspecified atom stereocenters. The van der Waals surface area contributed by atoms with Gasteiger partial charge >= 0.3 is 5.97 Å². The monoisotopic (exact) mass is 573 g/mol. The van der Waals surface area contributed by atoms with Crippen LogP contribution in [-0.4, -0.2) is 90.5 Å². The Hall–Kier alpha value is -4.18. The van der Waals surface area contributed by atoms with E-state index in [4.69, 9.17) is 21.5 Å². The smallest absolute Gasteiger partial charge is 0.337 e. The first-order valence-electron chi connectivity index (χ1n) is 13.3. The van der Waals surface area contributed by atoms with Crippen molar-refractivity contribution in [3.63, 3.8) is 0 Å². The first kappa shape index (κ1) is 28.4. The van der Waals surface area contributed by atoms with Crippen molar-refractivity contribution in [3.8, 4) is 5.88 Å². The molecule has 0 bridgehead atoms. The maximum atomic E-state index is 12.9. The van der Waals surface area contributed by atoms with Crippen molar-refractivity contribution >= 4 is 51.6 Å². The second kappa shape index (κ2) is 12.1. The molecule has 1 amide bonds. The normalized spacial score (nSPS) is 14.8. The average Bonchev–Trinajstić information content (AvgIpc) is 3.25. The number of hydrogen-bond donors (Lipinski definition) is 1. The number of amides is 1. The minimum atomic E-state index is -0.505. The number of halogens is 1. The van der Waals surface area contributed by atoms with Crippen LogP contribution in [0.5, 0.6) is 5.88 Å². The summed E-state index contributed by atoms with van der Waals surface area (Å²) in [5.41, 5.74) is 3.86. The SMILES string of the molecule is COC(=O)c1ccc2c(C(=Nc3ccc(N(C)C(=O)CN4CCN(C)CC4)cc3)c3ccccc3)c(O)n(Cl)c2c1. The van der Waals surface area contributed by atoms with E-state index in [1.165, 1.54) is 7.11 Å². The topological polar surface area (TPSA) is 90.6 Å². The van der Waals surface area contributed by atoms with Gasteiger partial charge in [-0.3, -0.25) is 9.69 Å². The molecular formula is C31H32ClN5O4. The van der Waals surface area contributed by atoms with Crippen LogP contribution in [0.1, 0.15) is 21.5 Å². The Morgan fingerprint density at radius 3 is 2.32 bits per heavy atom. The lowest BCUT2D eigenvalue weighted by atomic mass is 10.00. The molecule has 1 N–H and O–H groups in total. The molecule has 1 aromatic heterocycles. The number of methoxy groups -OCH3 is 1. The van der Waals surface area contributed by atoms with Crippen molar-refractivity contribution in [3.05, 3.63) is 89.5 Å². The number of hydrogen-bond acceptors (Lipinski definition) is 7. The highest BCUT2D eigenvalue weighted by atomic mass is 35.5. The second-order valence-corrected chi connectivity index (χ2v) is 10.4. The van der Waals surface area contributed by atoms with Gasteiger partial charge < -0.3 is 19.6 Å². The number of likely N-dealkylation sites (N-methyl/N-ethyl adjacent to an activating group) is 2. The highest BCUT2D eigenvalue weighted by Gasteiger charge is 2.24. The van der Waals surface area contributed by atoms with Gasteiger partial charge in [0.1, 0.15) is 0 Å². The third-order valence-corrected chi connectivity index (χ3v) is 7.74. The number of benzene rings is 3. The lowest BCUT2D eigenvalue weighted by Crippen LogP contribution is -2.48. The fourth-order valence-corrected chi connectivity index (χ4v) is 5.13. The summed E-state index contributed by atoms with van der Waals surface area (Å²) in [7, 11) is 5.18. The number of aromatic hydroxyl groups is 1. The van der Waals surface area contributed by atoms with Crippen molar-refractivity contribution in [2.75, 3.05) is 58.8 Å². The average molecular weight is 574 g/mol. The maximum Gasteiger partial charge on any atom is 0.337 e. The summed E-state index contributed by atoms with van der Waals surface area (Å²) in [5, 5.41) is 11.8. The molecule has 0 radical (unpaired) electrons. The van der Waals surface area contributed by atoms with E-state index in [0.717, 1.165) is 41.5 Å². The van der Waals surface area contributed by atoms with E-state index in [0.29, 0.717) is 40.0 Å². The molecule has 5 rings (SSSR count). The fraction of sp³-hybridized carbons (Fsp3) is 0.258. The summed E-state index contributed by atoms with van der Waals surface area (Å²) in [6.45, 7) is 4.04. The van der Waals surface area contributed by atoms with Crippen LogP contribution in [0.2, 0.25) is 0 Å². The van der Waals surface area contributed by atoms with Crippen LogP contribution < -0.4 is 4.90 Å². The first-order chi connectivity index (χ1) is 19.8. The molecule has 4 aromatic rings. The molecule has 212 valence electrons. The molecule has 1 fully saturated rings. The number of aromatic nitrogens is 1. The first-order valence-corrected chi connectivity index (χ1v) is 13.6. The van der Waals surface area contributed by atoms with E-state index in [9.17, 15) is 14.7 Å². The lowest BCUT2D eigenvalue weighted by molar-refractivity contribution is -0.119. The Balaban J connectivity index is 1.47. The second-order valence-electron chi connectivity index (χ2n) is 10.1. The number of fused-ring (bicyclic) bond motifs is 1. The van der Waals surface area contributed by atoms with Gasteiger partial charge in [-0.25, -0.2) is 13.9 Å². The highest BCUT2D eigenvalue weighted by Crippen LogP contribution is 2.36. The van der Waals surface area contributed by atoms with Gasteiger partial charge in [-0.15, -0.1) is 0 Å². The van der Waals surface area contributed by atoms with E-state index in [-0.39, 0.29) is 11.8 Å². The van der Waals surface area contributed by atoms with Crippen LogP contribution in [0.25, 0.3) is 10.9 Å². The van der Waals surface area contributed by atoms with Gasteiger partial charge in [0.2, 0.25) is 11.8 Å². The zero-order valence-electron chi connectivity index (χ0n) is 23.2. The number of aliphatic imine (C=N–C) groups is 1. The summed E-state index contributed by atoms with van der Waals surface area (Å²) < 4.78 is 5.95. The van der Waals surface area contributed by atoms with Crippen LogP contribution in [0, 0.1) is 0 Å². The third kappa shape index (κ3) is 5.97. The van der Waals surface area contributed by atoms with Gasteiger partial charge in [0, 0.05) is 61.6 Å². The molecule has 0 atom stereocenters. The molecule has 2 heterocycles. The molecule has 3 aromatic carbocycles. The zero-order valence-corrected chi connectivity index (χ0v) is 24.0. The number of esters is 1. The molecule has 0 saturated carbocycles. The fourth-order valence-electron chi connectivity index (χ4n) is 4.90. The number of ether oxygens (including phenoxy) is 1. The Labute approximate surface area is 243 Å². The molecule has 1 saturated heterocycles. The molecule has 0 spiro atoms. The number of nitrogens with zero attached hydrogens (tertiary/aromatic N) is 5. The Morgan fingerprint density at radius 1 is 0.976 bits per heavy atom. The molecule has 1 aliphatic heterocycles. The van der Waals surface area contributed by atoms with Crippen molar-refractivity contribution in [2.24, 2.45) is 4.99 Å². The van der Waals surface area contributed by atoms with Crippen molar-refractivity contribution < 1.29 is 19.4 Å². The van der Waals surface area contributed by atoms with E-state index in [2.05, 4.69) is 16.8 Å². The Kier molecular flexibility index (Phi) is 8.39. The van der Waals surface area contributed by atoms with Crippen LogP contribution in [0.3, 0.4) is 0 Å². The van der Waals surface area contributed by atoms with Crippen molar-refractivity contribution in [1.29, 1.82) is 0 Å². The third-order valence-electron chi connectivity index (χ3n) is 7.40. The van der Waals surface area contributed by atoms with Gasteiger partial charge in [0.05, 0.1) is 41.7 Å². The molecule has 9 nitrogen and oxygen atoms in total. The quantitative estimate of drug-likeness (QED) is 0.258. The van der Waals surface area contributed by atoms with Gasteiger partial charge in [0.15, 0.2) is 0 Å². The largest absolute Gasteiger partial charge is 0.493 e. The van der Waals surface area contributed by atoms with Gasteiger partial charge in [-0.2, -0.15) is 0 Å². The number of rotatable bonds is 7. The van der Waals surface area contributed by atoms with Crippen LogP contribution in [0.15, 0.2) is 77.8 Å². The van der Waals surface area contributed by atoms with Crippen LogP contribution in [-0.2, 0) is 9.53 Å². The number of anilines is 1. The summed E-state index contributed by atoms with van der Waals surface area (Å²) >= 11 is 6.48. The predicted octanol–water partition coefficient (Wildman–Crippen LogP) is 4.51. The minimum absolute atomic E-state index is 0.0296. The molecule has 1 aliphatic rings. The van der Waals surface area contributed by atoms with Crippen LogP contribution in [0.4, 0.5) is 11.4 Å². The summed E-state index contributed by atoms with van der Waals surface area (Å²) in [5.74, 6) is -0.672. The zero-order chi connectivity index (χ0) is 29.1. The predicted molar refractivity (Wildman–Crippen MR) is 162 cm³/mol. The van der Waals surface area contributed by atoms with Gasteiger partial charge in [-0.1, -0.05) is 36.4 Å². The lowest BCUT2D eigenvalue weighted by Gasteiger charge is -2.32. The van der Waals surface area contributed by atoms with Crippen molar-refractivity contribution in [2.45, 2.75) is 0 Å². The number of piperazine rings is 1. The van der Waals surface area contributed by atoms with E-state index in [1.807, 2.05) is 54.6 Å². The maximum absolute atomic E-state index is 12.9. The van der Waals surface area contributed by atoms with Gasteiger partial charge in [-0.05, 0) is 43.4 Å². The summed E-state index contributed by atoms with van der Waals surface area (Å²) in [4.78, 5) is 36.1. The van der Waals surface area contributed by atoms with E-state index in [1.54, 1.807) is 30.1 Å². The Bertz CT molecular complexity index is 1590. The summed E-state index contributed by atoms with van der Waals surface area (Å²) in [6, 6.07) is 21.8. The van der Waals surface area contributed by atoms with E-state index >= 15 is 0 Å². The Morgan fingerprint density at radius 2 is 1.66 bits per heavy atom. The molecule has 41 heavy (non-hydrogen) atoms. The van der Waals surface area contributed by atoms with Gasteiger partial charge in [0.25, 0.3) is 0 Å². The summed E-state index contributed by atoms with van der Waals surface area (Å²) in [6.07, 6.45) is 0. The molecule has 10 heteroatoms. The standard InChI is InChI=1S/C31H32ClN5O4/c1-34-15-17-36(18-16-34)20-27(38)35(2)24-12-10-23(11-13-24)33-29(21-7-5-4-6-8-21)28-25-14-9-22(31(40)41-3)19-26(25)37(32)30(28)39/h4-14,19,39H,15-18,20H2,1-3H3. The highest BCUT2D eigenvalue weighted by molar-refractivity contribution is 6.27.